The van der Waals surface area contributed by atoms with Gasteiger partial charge in [0.1, 0.15) is 22.7 Å². The van der Waals surface area contributed by atoms with Crippen molar-refractivity contribution in [3.8, 4) is 0 Å². The topological polar surface area (TPSA) is 43.4 Å². The average molecular weight is 214 g/mol. The zero-order valence-corrected chi connectivity index (χ0v) is 9.03. The van der Waals surface area contributed by atoms with Crippen molar-refractivity contribution in [2.24, 2.45) is 0 Å². The Bertz CT molecular complexity index is 747. The van der Waals surface area contributed by atoms with Gasteiger partial charge in [-0.25, -0.2) is 0 Å². The van der Waals surface area contributed by atoms with Crippen LogP contribution in [0.25, 0.3) is 21.9 Å². The normalized spacial score (nSPS) is 11.4. The molecular weight excluding hydrogens is 204 g/mol. The van der Waals surface area contributed by atoms with E-state index in [2.05, 4.69) is 0 Å². The van der Waals surface area contributed by atoms with Crippen molar-refractivity contribution in [2.75, 3.05) is 0 Å². The Morgan fingerprint density at radius 3 is 2.38 bits per heavy atom. The summed E-state index contributed by atoms with van der Waals surface area (Å²) in [5.41, 5.74) is 1.30. The first-order valence-electron chi connectivity index (χ1n) is 5.08. The van der Waals surface area contributed by atoms with Gasteiger partial charge in [-0.05, 0) is 32.0 Å². The second-order valence-corrected chi connectivity index (χ2v) is 3.96. The molecule has 3 nitrogen and oxygen atoms in total. The molecule has 3 heteroatoms. The Balaban J connectivity index is 2.55. The predicted molar refractivity (Wildman–Crippen MR) is 61.7 cm³/mol. The van der Waals surface area contributed by atoms with E-state index in [9.17, 15) is 4.79 Å². The number of aryl methyl sites for hydroxylation is 2. The van der Waals surface area contributed by atoms with Gasteiger partial charge < -0.3 is 8.83 Å². The van der Waals surface area contributed by atoms with E-state index in [1.807, 2.05) is 19.1 Å². The van der Waals surface area contributed by atoms with Crippen LogP contribution >= 0.6 is 0 Å². The van der Waals surface area contributed by atoms with E-state index in [0.29, 0.717) is 16.7 Å². The molecule has 0 spiro atoms. The van der Waals surface area contributed by atoms with Crippen LogP contribution in [0.3, 0.4) is 0 Å². The maximum Gasteiger partial charge on any atom is 0.193 e. The lowest BCUT2D eigenvalue weighted by Crippen LogP contribution is -1.99. The minimum Gasteiger partial charge on any atom is -0.461 e. The van der Waals surface area contributed by atoms with Crippen LogP contribution in [0.1, 0.15) is 11.5 Å². The van der Waals surface area contributed by atoms with E-state index in [1.54, 1.807) is 13.0 Å². The monoisotopic (exact) mass is 214 g/mol. The zero-order chi connectivity index (χ0) is 11.3. The van der Waals surface area contributed by atoms with Gasteiger partial charge in [0, 0.05) is 11.5 Å². The number of rotatable bonds is 0. The van der Waals surface area contributed by atoms with Gasteiger partial charge in [-0.3, -0.25) is 4.79 Å². The van der Waals surface area contributed by atoms with E-state index in [1.165, 1.54) is 6.07 Å². The molecule has 0 saturated heterocycles. The quantitative estimate of drug-likeness (QED) is 0.577. The Kier molecular flexibility index (Phi) is 1.72. The van der Waals surface area contributed by atoms with Crippen LogP contribution in [0.5, 0.6) is 0 Å². The maximum atomic E-state index is 11.7. The molecule has 3 aromatic rings. The standard InChI is InChI=1S/C13H10O3/c1-7-3-9-5-13-10(6-12(9)15-7)11(14)4-8(2)16-13/h3-6H,1-2H3. The molecular formula is C13H10O3. The molecule has 0 radical (unpaired) electrons. The first kappa shape index (κ1) is 9.21. The van der Waals surface area contributed by atoms with Crippen LogP contribution < -0.4 is 5.43 Å². The van der Waals surface area contributed by atoms with Gasteiger partial charge in [-0.15, -0.1) is 0 Å². The molecule has 3 rings (SSSR count). The fourth-order valence-corrected chi connectivity index (χ4v) is 1.94. The fourth-order valence-electron chi connectivity index (χ4n) is 1.94. The third-order valence-corrected chi connectivity index (χ3v) is 2.61. The third-order valence-electron chi connectivity index (χ3n) is 2.61. The van der Waals surface area contributed by atoms with Gasteiger partial charge >= 0.3 is 0 Å². The van der Waals surface area contributed by atoms with E-state index >= 15 is 0 Å². The molecule has 0 aliphatic carbocycles. The van der Waals surface area contributed by atoms with Gasteiger partial charge in [0.25, 0.3) is 0 Å². The summed E-state index contributed by atoms with van der Waals surface area (Å²) in [6, 6.07) is 7.00. The van der Waals surface area contributed by atoms with Gasteiger partial charge in [-0.1, -0.05) is 0 Å². The average Bonchev–Trinajstić information content (AvgIpc) is 2.54. The fraction of sp³-hybridized carbons (Fsp3) is 0.154. The first-order valence-corrected chi connectivity index (χ1v) is 5.08. The maximum absolute atomic E-state index is 11.7. The van der Waals surface area contributed by atoms with E-state index in [0.717, 1.165) is 16.7 Å². The molecule has 0 unspecified atom stereocenters. The van der Waals surface area contributed by atoms with Crippen molar-refractivity contribution in [1.82, 2.24) is 0 Å². The first-order chi connectivity index (χ1) is 7.63. The Morgan fingerprint density at radius 2 is 1.56 bits per heavy atom. The molecule has 0 amide bonds. The summed E-state index contributed by atoms with van der Waals surface area (Å²) in [4.78, 5) is 11.7. The summed E-state index contributed by atoms with van der Waals surface area (Å²) in [6.07, 6.45) is 0. The lowest BCUT2D eigenvalue weighted by atomic mass is 10.1. The van der Waals surface area contributed by atoms with E-state index < -0.39 is 0 Å². The van der Waals surface area contributed by atoms with Crippen LogP contribution in [0, 0.1) is 13.8 Å². The second-order valence-electron chi connectivity index (χ2n) is 3.96. The third kappa shape index (κ3) is 1.25. The predicted octanol–water partition coefficient (Wildman–Crippen LogP) is 3.16. The largest absolute Gasteiger partial charge is 0.461 e. The second kappa shape index (κ2) is 2.98. The van der Waals surface area contributed by atoms with Gasteiger partial charge in [-0.2, -0.15) is 0 Å². The van der Waals surface area contributed by atoms with Crippen molar-refractivity contribution in [2.45, 2.75) is 13.8 Å². The Labute approximate surface area is 91.3 Å². The highest BCUT2D eigenvalue weighted by Gasteiger charge is 2.07. The van der Waals surface area contributed by atoms with Crippen LogP contribution in [0.15, 0.2) is 37.9 Å². The molecule has 0 atom stereocenters. The van der Waals surface area contributed by atoms with Crippen molar-refractivity contribution in [1.29, 1.82) is 0 Å². The minimum atomic E-state index is -0.0327. The molecule has 2 heterocycles. The highest BCUT2D eigenvalue weighted by atomic mass is 16.3. The zero-order valence-electron chi connectivity index (χ0n) is 9.03. The summed E-state index contributed by atoms with van der Waals surface area (Å²) in [7, 11) is 0. The molecule has 0 N–H and O–H groups in total. The van der Waals surface area contributed by atoms with Gasteiger partial charge in [0.15, 0.2) is 5.43 Å². The molecule has 80 valence electrons. The van der Waals surface area contributed by atoms with Crippen LogP contribution in [-0.4, -0.2) is 0 Å². The highest BCUT2D eigenvalue weighted by molar-refractivity contribution is 5.93. The van der Waals surface area contributed by atoms with E-state index in [4.69, 9.17) is 8.83 Å². The molecule has 0 saturated carbocycles. The summed E-state index contributed by atoms with van der Waals surface area (Å²) < 4.78 is 11.0. The van der Waals surface area contributed by atoms with Crippen LogP contribution in [0.4, 0.5) is 0 Å². The number of fused-ring (bicyclic) bond motifs is 2. The van der Waals surface area contributed by atoms with Crippen LogP contribution in [-0.2, 0) is 0 Å². The SMILES string of the molecule is Cc1cc2cc3oc(C)cc(=O)c3cc2o1. The lowest BCUT2D eigenvalue weighted by Gasteiger charge is -1.98. The van der Waals surface area contributed by atoms with Crippen LogP contribution in [0.2, 0.25) is 0 Å². The molecule has 0 aliphatic heterocycles. The summed E-state index contributed by atoms with van der Waals surface area (Å²) in [5, 5.41) is 1.52. The molecule has 0 bridgehead atoms. The van der Waals surface area contributed by atoms with Crippen molar-refractivity contribution in [3.05, 3.63) is 46.0 Å². The summed E-state index contributed by atoms with van der Waals surface area (Å²) >= 11 is 0. The van der Waals surface area contributed by atoms with Gasteiger partial charge in [0.2, 0.25) is 0 Å². The van der Waals surface area contributed by atoms with Gasteiger partial charge in [0.05, 0.1) is 5.39 Å². The number of benzene rings is 1. The number of furan rings is 1. The smallest absolute Gasteiger partial charge is 0.193 e. The van der Waals surface area contributed by atoms with Crippen molar-refractivity contribution < 1.29 is 8.83 Å². The summed E-state index contributed by atoms with van der Waals surface area (Å²) in [5.74, 6) is 1.45. The molecule has 1 aromatic carbocycles. The highest BCUT2D eigenvalue weighted by Crippen LogP contribution is 2.24. The molecule has 0 fully saturated rings. The molecule has 16 heavy (non-hydrogen) atoms. The number of hydrogen-bond donors (Lipinski definition) is 0. The summed E-state index contributed by atoms with van der Waals surface area (Å²) in [6.45, 7) is 3.65. The molecule has 0 aliphatic rings. The minimum absolute atomic E-state index is 0.0327. The molecule has 2 aromatic heterocycles. The lowest BCUT2D eigenvalue weighted by molar-refractivity contribution is 0.563. The van der Waals surface area contributed by atoms with E-state index in [-0.39, 0.29) is 5.43 Å². The Morgan fingerprint density at radius 1 is 0.875 bits per heavy atom. The Hall–Kier alpha value is -2.03. The number of hydrogen-bond acceptors (Lipinski definition) is 3. The van der Waals surface area contributed by atoms with Crippen molar-refractivity contribution in [3.63, 3.8) is 0 Å². The van der Waals surface area contributed by atoms with Crippen molar-refractivity contribution >= 4 is 21.9 Å².